The van der Waals surface area contributed by atoms with Gasteiger partial charge in [-0.15, -0.1) is 0 Å². The van der Waals surface area contributed by atoms with E-state index in [-0.39, 0.29) is 10.5 Å². The van der Waals surface area contributed by atoms with Crippen LogP contribution in [0.25, 0.3) is 0 Å². The summed E-state index contributed by atoms with van der Waals surface area (Å²) < 4.78 is 31.4. The molecule has 0 saturated carbocycles. The molecule has 0 heterocycles. The van der Waals surface area contributed by atoms with E-state index in [1.165, 1.54) is 43.5 Å². The van der Waals surface area contributed by atoms with Gasteiger partial charge in [0, 0.05) is 10.6 Å². The highest BCUT2D eigenvalue weighted by molar-refractivity contribution is 7.90. The van der Waals surface area contributed by atoms with Gasteiger partial charge >= 0.3 is 0 Å². The first kappa shape index (κ1) is 16.3. The number of methoxy groups -OCH3 is 1. The van der Waals surface area contributed by atoms with Crippen molar-refractivity contribution in [3.63, 3.8) is 0 Å². The Hall–Kier alpha value is -2.05. The molecule has 0 atom stereocenters. The van der Waals surface area contributed by atoms with Crippen LogP contribution in [0.5, 0.6) is 5.75 Å². The second-order valence-corrected chi connectivity index (χ2v) is 6.69. The van der Waals surface area contributed by atoms with E-state index in [1.54, 1.807) is 13.0 Å². The van der Waals surface area contributed by atoms with Crippen molar-refractivity contribution in [2.45, 2.75) is 11.8 Å². The maximum absolute atomic E-state index is 12.2. The van der Waals surface area contributed by atoms with Crippen LogP contribution in [0.4, 0.5) is 0 Å². The maximum Gasteiger partial charge on any atom is 0.265 e. The summed E-state index contributed by atoms with van der Waals surface area (Å²) in [6, 6.07) is 10.3. The lowest BCUT2D eigenvalue weighted by Gasteiger charge is -2.09. The number of amides is 1. The van der Waals surface area contributed by atoms with Gasteiger partial charge in [-0.05, 0) is 55.0 Å². The first-order valence-electron chi connectivity index (χ1n) is 6.31. The zero-order valence-electron chi connectivity index (χ0n) is 12.0. The zero-order valence-corrected chi connectivity index (χ0v) is 13.5. The number of ether oxygens (including phenoxy) is 1. The zero-order chi connectivity index (χ0) is 16.3. The molecule has 1 amide bonds. The fourth-order valence-corrected chi connectivity index (χ4v) is 3.07. The second kappa shape index (κ2) is 6.37. The fraction of sp³-hybridized carbons (Fsp3) is 0.133. The molecule has 22 heavy (non-hydrogen) atoms. The van der Waals surface area contributed by atoms with E-state index < -0.39 is 15.9 Å². The van der Waals surface area contributed by atoms with Crippen molar-refractivity contribution in [2.24, 2.45) is 0 Å². The predicted octanol–water partition coefficient (Wildman–Crippen LogP) is 2.78. The van der Waals surface area contributed by atoms with Gasteiger partial charge in [0.25, 0.3) is 15.9 Å². The SMILES string of the molecule is COc1ccc(S(=O)(=O)NC(=O)c2ccc(Cl)cc2C)cc1. The predicted molar refractivity (Wildman–Crippen MR) is 83.8 cm³/mol. The van der Waals surface area contributed by atoms with Crippen molar-refractivity contribution in [2.75, 3.05) is 7.11 Å². The number of hydrogen-bond donors (Lipinski definition) is 1. The van der Waals surface area contributed by atoms with Gasteiger partial charge in [-0.2, -0.15) is 0 Å². The molecule has 0 spiro atoms. The summed E-state index contributed by atoms with van der Waals surface area (Å²) in [7, 11) is -2.47. The van der Waals surface area contributed by atoms with Crippen molar-refractivity contribution < 1.29 is 17.9 Å². The Kier molecular flexibility index (Phi) is 4.73. The minimum atomic E-state index is -3.95. The largest absolute Gasteiger partial charge is 0.497 e. The molecule has 0 aliphatic rings. The minimum absolute atomic E-state index is 0.0201. The normalized spacial score (nSPS) is 11.0. The number of halogens is 1. The van der Waals surface area contributed by atoms with Gasteiger partial charge in [-0.3, -0.25) is 4.79 Å². The Bertz CT molecular complexity index is 801. The van der Waals surface area contributed by atoms with Crippen molar-refractivity contribution in [1.82, 2.24) is 4.72 Å². The smallest absolute Gasteiger partial charge is 0.265 e. The minimum Gasteiger partial charge on any atom is -0.497 e. The summed E-state index contributed by atoms with van der Waals surface area (Å²) in [5, 5.41) is 0.479. The lowest BCUT2D eigenvalue weighted by molar-refractivity contribution is 0.0981. The summed E-state index contributed by atoms with van der Waals surface area (Å²) in [4.78, 5) is 12.1. The second-order valence-electron chi connectivity index (χ2n) is 4.57. The van der Waals surface area contributed by atoms with Crippen LogP contribution in [0, 0.1) is 6.92 Å². The molecule has 0 fully saturated rings. The Balaban J connectivity index is 2.25. The van der Waals surface area contributed by atoms with Gasteiger partial charge in [-0.25, -0.2) is 13.1 Å². The van der Waals surface area contributed by atoms with Gasteiger partial charge < -0.3 is 4.74 Å². The maximum atomic E-state index is 12.2. The lowest BCUT2D eigenvalue weighted by Crippen LogP contribution is -2.31. The van der Waals surface area contributed by atoms with E-state index in [0.717, 1.165) is 0 Å². The Morgan fingerprint density at radius 2 is 1.77 bits per heavy atom. The Morgan fingerprint density at radius 1 is 1.14 bits per heavy atom. The Labute approximate surface area is 133 Å². The van der Waals surface area contributed by atoms with Crippen LogP contribution in [-0.2, 0) is 10.0 Å². The molecular weight excluding hydrogens is 326 g/mol. The van der Waals surface area contributed by atoms with Crippen LogP contribution in [0.3, 0.4) is 0 Å². The summed E-state index contributed by atoms with van der Waals surface area (Å²) in [6.45, 7) is 1.68. The van der Waals surface area contributed by atoms with Crippen LogP contribution < -0.4 is 9.46 Å². The molecule has 116 valence electrons. The molecule has 0 saturated heterocycles. The number of nitrogens with one attached hydrogen (secondary N) is 1. The molecule has 2 aromatic rings. The van der Waals surface area contributed by atoms with E-state index >= 15 is 0 Å². The van der Waals surface area contributed by atoms with E-state index in [0.29, 0.717) is 16.3 Å². The highest BCUT2D eigenvalue weighted by atomic mass is 35.5. The van der Waals surface area contributed by atoms with Crippen molar-refractivity contribution in [3.8, 4) is 5.75 Å². The van der Waals surface area contributed by atoms with Gasteiger partial charge in [0.15, 0.2) is 0 Å². The summed E-state index contributed by atoms with van der Waals surface area (Å²) >= 11 is 5.82. The molecule has 0 radical (unpaired) electrons. The monoisotopic (exact) mass is 339 g/mol. The van der Waals surface area contributed by atoms with Gasteiger partial charge in [-0.1, -0.05) is 11.6 Å². The fourth-order valence-electron chi connectivity index (χ4n) is 1.87. The number of aryl methyl sites for hydroxylation is 1. The van der Waals surface area contributed by atoms with E-state index in [2.05, 4.69) is 0 Å². The van der Waals surface area contributed by atoms with Crippen LogP contribution in [0.2, 0.25) is 5.02 Å². The van der Waals surface area contributed by atoms with Gasteiger partial charge in [0.05, 0.1) is 12.0 Å². The molecule has 0 unspecified atom stereocenters. The highest BCUT2D eigenvalue weighted by Gasteiger charge is 2.19. The van der Waals surface area contributed by atoms with Crippen molar-refractivity contribution in [3.05, 3.63) is 58.6 Å². The molecule has 2 rings (SSSR count). The number of hydrogen-bond acceptors (Lipinski definition) is 4. The number of rotatable bonds is 4. The van der Waals surface area contributed by atoms with Crippen molar-refractivity contribution in [1.29, 1.82) is 0 Å². The standard InChI is InChI=1S/C15H14ClNO4S/c1-10-9-11(16)3-8-14(10)15(18)17-22(19,20)13-6-4-12(21-2)5-7-13/h3-9H,1-2H3,(H,17,18). The van der Waals surface area contributed by atoms with Gasteiger partial charge in [0.2, 0.25) is 0 Å². The van der Waals surface area contributed by atoms with Crippen LogP contribution in [0.1, 0.15) is 15.9 Å². The summed E-state index contributed by atoms with van der Waals surface area (Å²) in [6.07, 6.45) is 0. The van der Waals surface area contributed by atoms with Gasteiger partial charge in [0.1, 0.15) is 5.75 Å². The molecule has 0 aliphatic carbocycles. The summed E-state index contributed by atoms with van der Waals surface area (Å²) in [5.41, 5.74) is 0.844. The molecule has 0 aromatic heterocycles. The lowest BCUT2D eigenvalue weighted by atomic mass is 10.1. The number of sulfonamides is 1. The Morgan fingerprint density at radius 3 is 2.32 bits per heavy atom. The molecule has 5 nitrogen and oxygen atoms in total. The van der Waals surface area contributed by atoms with Crippen LogP contribution in [-0.4, -0.2) is 21.4 Å². The molecular formula is C15H14ClNO4S. The van der Waals surface area contributed by atoms with Crippen LogP contribution in [0.15, 0.2) is 47.4 Å². The third-order valence-corrected chi connectivity index (χ3v) is 4.61. The average molecular weight is 340 g/mol. The van der Waals surface area contributed by atoms with Crippen LogP contribution >= 0.6 is 11.6 Å². The number of carbonyl (C=O) groups excluding carboxylic acids is 1. The van der Waals surface area contributed by atoms with E-state index in [4.69, 9.17) is 16.3 Å². The topological polar surface area (TPSA) is 72.5 Å². The molecule has 0 aliphatic heterocycles. The quantitative estimate of drug-likeness (QED) is 0.929. The number of benzene rings is 2. The molecule has 2 aromatic carbocycles. The average Bonchev–Trinajstić information content (AvgIpc) is 2.46. The van der Waals surface area contributed by atoms with E-state index in [1.807, 2.05) is 4.72 Å². The first-order valence-corrected chi connectivity index (χ1v) is 8.17. The van der Waals surface area contributed by atoms with E-state index in [9.17, 15) is 13.2 Å². The molecule has 7 heteroatoms. The van der Waals surface area contributed by atoms with Crippen molar-refractivity contribution >= 4 is 27.5 Å². The molecule has 0 bridgehead atoms. The highest BCUT2D eigenvalue weighted by Crippen LogP contribution is 2.18. The third-order valence-electron chi connectivity index (χ3n) is 3.03. The first-order chi connectivity index (χ1) is 10.3. The third kappa shape index (κ3) is 3.58. The number of carbonyl (C=O) groups is 1. The molecule has 1 N–H and O–H groups in total. The summed E-state index contributed by atoms with van der Waals surface area (Å²) in [5.74, 6) is -0.177.